The molecule has 5 nitrogen and oxygen atoms in total. The SMILES string of the molecule is CCOc1cc(CNCCCn2ccnc2)c(Br)cc1OCc1ccccc1F. The lowest BCUT2D eigenvalue weighted by atomic mass is 10.2. The summed E-state index contributed by atoms with van der Waals surface area (Å²) in [6.45, 7) is 5.12. The van der Waals surface area contributed by atoms with Crippen molar-refractivity contribution >= 4 is 15.9 Å². The molecule has 1 heterocycles. The highest BCUT2D eigenvalue weighted by molar-refractivity contribution is 9.10. The van der Waals surface area contributed by atoms with Crippen LogP contribution in [0.15, 0.2) is 59.6 Å². The zero-order chi connectivity index (χ0) is 20.5. The third kappa shape index (κ3) is 6.30. The van der Waals surface area contributed by atoms with Crippen LogP contribution in [0.1, 0.15) is 24.5 Å². The van der Waals surface area contributed by atoms with E-state index in [1.165, 1.54) is 6.07 Å². The zero-order valence-corrected chi connectivity index (χ0v) is 18.0. The van der Waals surface area contributed by atoms with Gasteiger partial charge in [0, 0.05) is 35.5 Å². The summed E-state index contributed by atoms with van der Waals surface area (Å²) in [5, 5.41) is 3.45. The molecule has 1 N–H and O–H groups in total. The van der Waals surface area contributed by atoms with Crippen molar-refractivity contribution in [2.75, 3.05) is 13.2 Å². The molecular weight excluding hydrogens is 437 g/mol. The van der Waals surface area contributed by atoms with E-state index in [1.54, 1.807) is 24.4 Å². The number of rotatable bonds is 11. The number of nitrogens with zero attached hydrogens (tertiary/aromatic N) is 2. The Morgan fingerprint density at radius 1 is 1.14 bits per heavy atom. The lowest BCUT2D eigenvalue weighted by Crippen LogP contribution is -2.16. The van der Waals surface area contributed by atoms with Crippen LogP contribution >= 0.6 is 15.9 Å². The summed E-state index contributed by atoms with van der Waals surface area (Å²) in [7, 11) is 0. The Kier molecular flexibility index (Phi) is 8.07. The Morgan fingerprint density at radius 2 is 1.97 bits per heavy atom. The predicted molar refractivity (Wildman–Crippen MR) is 115 cm³/mol. The van der Waals surface area contributed by atoms with Crippen LogP contribution in [0.25, 0.3) is 0 Å². The van der Waals surface area contributed by atoms with Gasteiger partial charge in [0.05, 0.1) is 12.9 Å². The molecule has 0 amide bonds. The van der Waals surface area contributed by atoms with Crippen LogP contribution in [-0.4, -0.2) is 22.7 Å². The molecule has 2 aromatic carbocycles. The molecule has 0 unspecified atom stereocenters. The van der Waals surface area contributed by atoms with Gasteiger partial charge < -0.3 is 19.4 Å². The Balaban J connectivity index is 1.58. The van der Waals surface area contributed by atoms with Crippen LogP contribution in [0.5, 0.6) is 11.5 Å². The van der Waals surface area contributed by atoms with Crippen LogP contribution in [0, 0.1) is 5.82 Å². The van der Waals surface area contributed by atoms with Gasteiger partial charge in [-0.2, -0.15) is 0 Å². The molecule has 3 rings (SSSR count). The molecule has 1 aromatic heterocycles. The van der Waals surface area contributed by atoms with E-state index in [-0.39, 0.29) is 12.4 Å². The first-order valence-corrected chi connectivity index (χ1v) is 10.4. The molecule has 0 saturated carbocycles. The molecule has 0 fully saturated rings. The minimum Gasteiger partial charge on any atom is -0.490 e. The number of hydrogen-bond donors (Lipinski definition) is 1. The van der Waals surface area contributed by atoms with Gasteiger partial charge in [-0.15, -0.1) is 0 Å². The molecule has 0 aliphatic carbocycles. The molecule has 154 valence electrons. The molecule has 3 aromatic rings. The normalized spacial score (nSPS) is 10.9. The summed E-state index contributed by atoms with van der Waals surface area (Å²) < 4.78 is 28.4. The molecule has 0 aliphatic heterocycles. The van der Waals surface area contributed by atoms with E-state index in [1.807, 2.05) is 31.6 Å². The minimum absolute atomic E-state index is 0.144. The Bertz CT molecular complexity index is 903. The highest BCUT2D eigenvalue weighted by atomic mass is 79.9. The quantitative estimate of drug-likeness (QED) is 0.410. The summed E-state index contributed by atoms with van der Waals surface area (Å²) in [6.07, 6.45) is 6.59. The van der Waals surface area contributed by atoms with Crippen molar-refractivity contribution in [2.45, 2.75) is 33.0 Å². The highest BCUT2D eigenvalue weighted by Gasteiger charge is 2.12. The maximum Gasteiger partial charge on any atom is 0.162 e. The van der Waals surface area contributed by atoms with Crippen LogP contribution in [0.3, 0.4) is 0 Å². The van der Waals surface area contributed by atoms with Gasteiger partial charge in [-0.25, -0.2) is 9.37 Å². The number of aryl methyl sites for hydroxylation is 1. The smallest absolute Gasteiger partial charge is 0.162 e. The van der Waals surface area contributed by atoms with Crippen molar-refractivity contribution in [1.29, 1.82) is 0 Å². The van der Waals surface area contributed by atoms with Gasteiger partial charge >= 0.3 is 0 Å². The van der Waals surface area contributed by atoms with Crippen molar-refractivity contribution in [3.63, 3.8) is 0 Å². The summed E-state index contributed by atoms with van der Waals surface area (Å²) in [5.74, 6) is 0.967. The third-order valence-corrected chi connectivity index (χ3v) is 5.14. The fraction of sp³-hybridized carbons (Fsp3) is 0.318. The fourth-order valence-corrected chi connectivity index (χ4v) is 3.36. The standard InChI is InChI=1S/C22H25BrFN3O2/c1-2-28-21-12-18(14-25-8-5-10-27-11-9-26-16-27)19(23)13-22(21)29-15-17-6-3-4-7-20(17)24/h3-4,6-7,9,11-13,16,25H,2,5,8,10,14-15H2,1H3. The van der Waals surface area contributed by atoms with Crippen molar-refractivity contribution < 1.29 is 13.9 Å². The van der Waals surface area contributed by atoms with Gasteiger partial charge in [0.15, 0.2) is 11.5 Å². The van der Waals surface area contributed by atoms with Gasteiger partial charge in [0.1, 0.15) is 12.4 Å². The average Bonchev–Trinajstić information content (AvgIpc) is 3.23. The van der Waals surface area contributed by atoms with E-state index in [2.05, 4.69) is 30.8 Å². The first-order valence-electron chi connectivity index (χ1n) is 9.65. The van der Waals surface area contributed by atoms with E-state index in [9.17, 15) is 4.39 Å². The predicted octanol–water partition coefficient (Wildman–Crippen LogP) is 4.94. The van der Waals surface area contributed by atoms with Gasteiger partial charge in [0.2, 0.25) is 0 Å². The second-order valence-corrected chi connectivity index (χ2v) is 7.39. The number of halogens is 2. The summed E-state index contributed by atoms with van der Waals surface area (Å²) in [6, 6.07) is 10.5. The van der Waals surface area contributed by atoms with Crippen molar-refractivity contribution in [3.8, 4) is 11.5 Å². The summed E-state index contributed by atoms with van der Waals surface area (Å²) in [5.41, 5.74) is 1.59. The first-order chi connectivity index (χ1) is 14.2. The molecular formula is C22H25BrFN3O2. The number of aromatic nitrogens is 2. The Labute approximate surface area is 179 Å². The summed E-state index contributed by atoms with van der Waals surface area (Å²) >= 11 is 3.61. The van der Waals surface area contributed by atoms with Crippen LogP contribution in [0.2, 0.25) is 0 Å². The second kappa shape index (κ2) is 11.0. The van der Waals surface area contributed by atoms with Crippen molar-refractivity contribution in [1.82, 2.24) is 14.9 Å². The van der Waals surface area contributed by atoms with E-state index in [4.69, 9.17) is 9.47 Å². The van der Waals surface area contributed by atoms with Crippen LogP contribution < -0.4 is 14.8 Å². The van der Waals surface area contributed by atoms with Crippen LogP contribution in [-0.2, 0) is 19.7 Å². The second-order valence-electron chi connectivity index (χ2n) is 6.53. The number of hydrogen-bond acceptors (Lipinski definition) is 4. The lowest BCUT2D eigenvalue weighted by molar-refractivity contribution is 0.265. The topological polar surface area (TPSA) is 48.3 Å². The van der Waals surface area contributed by atoms with Gasteiger partial charge in [0.25, 0.3) is 0 Å². The third-order valence-electron chi connectivity index (χ3n) is 4.40. The van der Waals surface area contributed by atoms with Crippen molar-refractivity contribution in [3.05, 3.63) is 76.5 Å². The fourth-order valence-electron chi connectivity index (χ4n) is 2.89. The Hall–Kier alpha value is -2.38. The number of imidazole rings is 1. The molecule has 7 heteroatoms. The highest BCUT2D eigenvalue weighted by Crippen LogP contribution is 2.34. The summed E-state index contributed by atoms with van der Waals surface area (Å²) in [4.78, 5) is 4.04. The molecule has 0 radical (unpaired) electrons. The van der Waals surface area contributed by atoms with E-state index < -0.39 is 0 Å². The van der Waals surface area contributed by atoms with Gasteiger partial charge in [-0.3, -0.25) is 0 Å². The number of nitrogens with one attached hydrogen (secondary N) is 1. The van der Waals surface area contributed by atoms with E-state index in [0.29, 0.717) is 30.2 Å². The maximum absolute atomic E-state index is 13.8. The molecule has 0 bridgehead atoms. The van der Waals surface area contributed by atoms with Crippen LogP contribution in [0.4, 0.5) is 4.39 Å². The molecule has 0 spiro atoms. The molecule has 0 saturated heterocycles. The van der Waals surface area contributed by atoms with Crippen molar-refractivity contribution in [2.24, 2.45) is 0 Å². The molecule has 0 atom stereocenters. The van der Waals surface area contributed by atoms with Gasteiger partial charge in [-0.05, 0) is 43.7 Å². The van der Waals surface area contributed by atoms with E-state index in [0.717, 1.165) is 29.5 Å². The Morgan fingerprint density at radius 3 is 2.72 bits per heavy atom. The largest absolute Gasteiger partial charge is 0.490 e. The lowest BCUT2D eigenvalue weighted by Gasteiger charge is -2.16. The van der Waals surface area contributed by atoms with E-state index >= 15 is 0 Å². The zero-order valence-electron chi connectivity index (χ0n) is 16.4. The average molecular weight is 462 g/mol. The first kappa shape index (κ1) is 21.3. The number of ether oxygens (including phenoxy) is 2. The van der Waals surface area contributed by atoms with Gasteiger partial charge in [-0.1, -0.05) is 34.1 Å². The molecule has 0 aliphatic rings. The molecule has 29 heavy (non-hydrogen) atoms. The minimum atomic E-state index is -0.277. The maximum atomic E-state index is 13.8. The monoisotopic (exact) mass is 461 g/mol. The number of benzene rings is 2.